The molecule has 0 spiro atoms. The monoisotopic (exact) mass is 220 g/mol. The molecule has 0 N–H and O–H groups in total. The SMILES string of the molecule is Fc1ccc(F)c(OCc2ccccc2)c1. The van der Waals surface area contributed by atoms with Crippen molar-refractivity contribution in [2.24, 2.45) is 0 Å². The summed E-state index contributed by atoms with van der Waals surface area (Å²) < 4.78 is 31.2. The average Bonchev–Trinajstić information content (AvgIpc) is 2.32. The molecule has 0 aliphatic heterocycles. The Bertz CT molecular complexity index is 469. The molecule has 16 heavy (non-hydrogen) atoms. The van der Waals surface area contributed by atoms with Gasteiger partial charge in [-0.05, 0) is 17.7 Å². The van der Waals surface area contributed by atoms with E-state index in [0.29, 0.717) is 0 Å². The first-order valence-corrected chi connectivity index (χ1v) is 4.87. The van der Waals surface area contributed by atoms with Crippen molar-refractivity contribution < 1.29 is 13.5 Å². The van der Waals surface area contributed by atoms with Crippen LogP contribution in [0.3, 0.4) is 0 Å². The van der Waals surface area contributed by atoms with Gasteiger partial charge in [0.05, 0.1) is 0 Å². The van der Waals surface area contributed by atoms with Gasteiger partial charge >= 0.3 is 0 Å². The second-order valence-corrected chi connectivity index (χ2v) is 3.35. The highest BCUT2D eigenvalue weighted by Crippen LogP contribution is 2.19. The van der Waals surface area contributed by atoms with Crippen LogP contribution in [-0.2, 0) is 6.61 Å². The Hall–Kier alpha value is -1.90. The first-order valence-electron chi connectivity index (χ1n) is 4.87. The Morgan fingerprint density at radius 1 is 0.938 bits per heavy atom. The zero-order valence-electron chi connectivity index (χ0n) is 8.49. The smallest absolute Gasteiger partial charge is 0.165 e. The summed E-state index contributed by atoms with van der Waals surface area (Å²) in [7, 11) is 0. The van der Waals surface area contributed by atoms with E-state index in [9.17, 15) is 8.78 Å². The molecule has 0 amide bonds. The first-order chi connectivity index (χ1) is 7.75. The number of halogens is 2. The molecule has 0 unspecified atom stereocenters. The van der Waals surface area contributed by atoms with Gasteiger partial charge in [0.1, 0.15) is 12.4 Å². The van der Waals surface area contributed by atoms with E-state index >= 15 is 0 Å². The molecule has 0 saturated carbocycles. The molecule has 2 rings (SSSR count). The van der Waals surface area contributed by atoms with Gasteiger partial charge in [-0.25, -0.2) is 8.78 Å². The summed E-state index contributed by atoms with van der Waals surface area (Å²) in [6.45, 7) is 0.223. The van der Waals surface area contributed by atoms with Crippen molar-refractivity contribution in [1.29, 1.82) is 0 Å². The van der Waals surface area contributed by atoms with Gasteiger partial charge < -0.3 is 4.74 Å². The molecule has 0 aliphatic carbocycles. The molecule has 0 atom stereocenters. The van der Waals surface area contributed by atoms with E-state index < -0.39 is 11.6 Å². The highest BCUT2D eigenvalue weighted by molar-refractivity contribution is 5.25. The van der Waals surface area contributed by atoms with Crippen LogP contribution in [0.15, 0.2) is 48.5 Å². The van der Waals surface area contributed by atoms with Gasteiger partial charge in [-0.1, -0.05) is 30.3 Å². The van der Waals surface area contributed by atoms with Crippen LogP contribution < -0.4 is 4.74 Å². The van der Waals surface area contributed by atoms with Crippen molar-refractivity contribution in [3.63, 3.8) is 0 Å². The third-order valence-electron chi connectivity index (χ3n) is 2.13. The molecule has 2 aromatic rings. The van der Waals surface area contributed by atoms with E-state index in [4.69, 9.17) is 4.74 Å². The summed E-state index contributed by atoms with van der Waals surface area (Å²) in [5.41, 5.74) is 0.908. The van der Waals surface area contributed by atoms with Crippen molar-refractivity contribution in [3.05, 3.63) is 65.7 Å². The quantitative estimate of drug-likeness (QED) is 0.768. The molecule has 0 radical (unpaired) electrons. The largest absolute Gasteiger partial charge is 0.486 e. The second kappa shape index (κ2) is 4.75. The van der Waals surface area contributed by atoms with E-state index in [2.05, 4.69) is 0 Å². The molecule has 0 fully saturated rings. The van der Waals surface area contributed by atoms with Gasteiger partial charge in [-0.15, -0.1) is 0 Å². The molecule has 0 bridgehead atoms. The Kier molecular flexibility index (Phi) is 3.15. The van der Waals surface area contributed by atoms with Crippen LogP contribution in [0.4, 0.5) is 8.78 Å². The van der Waals surface area contributed by atoms with Crippen LogP contribution >= 0.6 is 0 Å². The molecule has 0 heterocycles. The standard InChI is InChI=1S/C13H10F2O/c14-11-6-7-12(15)13(8-11)16-9-10-4-2-1-3-5-10/h1-8H,9H2. The minimum Gasteiger partial charge on any atom is -0.486 e. The van der Waals surface area contributed by atoms with E-state index in [1.165, 1.54) is 0 Å². The summed E-state index contributed by atoms with van der Waals surface area (Å²) in [6, 6.07) is 12.5. The van der Waals surface area contributed by atoms with Crippen LogP contribution in [0.2, 0.25) is 0 Å². The summed E-state index contributed by atoms with van der Waals surface area (Å²) in [5.74, 6) is -1.13. The van der Waals surface area contributed by atoms with Crippen LogP contribution in [-0.4, -0.2) is 0 Å². The predicted octanol–water partition coefficient (Wildman–Crippen LogP) is 3.54. The molecule has 3 heteroatoms. The molecular weight excluding hydrogens is 210 g/mol. The highest BCUT2D eigenvalue weighted by Gasteiger charge is 2.04. The minimum atomic E-state index is -0.558. The first kappa shape index (κ1) is 10.6. The molecule has 0 saturated heterocycles. The lowest BCUT2D eigenvalue weighted by Gasteiger charge is -2.07. The number of rotatable bonds is 3. The van der Waals surface area contributed by atoms with Crippen molar-refractivity contribution in [3.8, 4) is 5.75 Å². The second-order valence-electron chi connectivity index (χ2n) is 3.35. The zero-order valence-corrected chi connectivity index (χ0v) is 8.49. The van der Waals surface area contributed by atoms with Crippen LogP contribution in [0.25, 0.3) is 0 Å². The lowest BCUT2D eigenvalue weighted by molar-refractivity contribution is 0.288. The fourth-order valence-electron chi connectivity index (χ4n) is 1.32. The van der Waals surface area contributed by atoms with Gasteiger partial charge in [0.25, 0.3) is 0 Å². The van der Waals surface area contributed by atoms with E-state index in [-0.39, 0.29) is 12.4 Å². The maximum absolute atomic E-state index is 13.2. The maximum atomic E-state index is 13.2. The minimum absolute atomic E-state index is 0.0659. The van der Waals surface area contributed by atoms with Crippen LogP contribution in [0.5, 0.6) is 5.75 Å². The van der Waals surface area contributed by atoms with Gasteiger partial charge in [0, 0.05) is 6.07 Å². The molecular formula is C13H10F2O. The third kappa shape index (κ3) is 2.57. The Balaban J connectivity index is 2.08. The average molecular weight is 220 g/mol. The van der Waals surface area contributed by atoms with Crippen molar-refractivity contribution in [1.82, 2.24) is 0 Å². The molecule has 0 aliphatic rings. The van der Waals surface area contributed by atoms with Crippen LogP contribution in [0, 0.1) is 11.6 Å². The molecule has 0 aromatic heterocycles. The van der Waals surface area contributed by atoms with Crippen molar-refractivity contribution in [2.75, 3.05) is 0 Å². The summed E-state index contributed by atoms with van der Waals surface area (Å²) in [5, 5.41) is 0. The van der Waals surface area contributed by atoms with Gasteiger partial charge in [-0.3, -0.25) is 0 Å². The fourth-order valence-corrected chi connectivity index (χ4v) is 1.32. The highest BCUT2D eigenvalue weighted by atomic mass is 19.1. The zero-order chi connectivity index (χ0) is 11.4. The summed E-state index contributed by atoms with van der Waals surface area (Å²) in [4.78, 5) is 0. The normalized spacial score (nSPS) is 10.1. The lowest BCUT2D eigenvalue weighted by Crippen LogP contribution is -1.97. The summed E-state index contributed by atoms with van der Waals surface area (Å²) >= 11 is 0. The fraction of sp³-hybridized carbons (Fsp3) is 0.0769. The lowest BCUT2D eigenvalue weighted by atomic mass is 10.2. The van der Waals surface area contributed by atoms with Crippen LogP contribution in [0.1, 0.15) is 5.56 Å². The number of hydrogen-bond acceptors (Lipinski definition) is 1. The Labute approximate surface area is 92.3 Å². The summed E-state index contributed by atoms with van der Waals surface area (Å²) in [6.07, 6.45) is 0. The third-order valence-corrected chi connectivity index (χ3v) is 2.13. The Morgan fingerprint density at radius 3 is 2.44 bits per heavy atom. The van der Waals surface area contributed by atoms with Gasteiger partial charge in [0.2, 0.25) is 0 Å². The van der Waals surface area contributed by atoms with E-state index in [1.807, 2.05) is 30.3 Å². The van der Waals surface area contributed by atoms with Crippen molar-refractivity contribution in [2.45, 2.75) is 6.61 Å². The Morgan fingerprint density at radius 2 is 1.69 bits per heavy atom. The maximum Gasteiger partial charge on any atom is 0.165 e. The van der Waals surface area contributed by atoms with Gasteiger partial charge in [0.15, 0.2) is 11.6 Å². The van der Waals surface area contributed by atoms with Crippen molar-refractivity contribution >= 4 is 0 Å². The number of ether oxygens (including phenoxy) is 1. The van der Waals surface area contributed by atoms with Gasteiger partial charge in [-0.2, -0.15) is 0 Å². The predicted molar refractivity (Wildman–Crippen MR) is 57.1 cm³/mol. The number of hydrogen-bond donors (Lipinski definition) is 0. The molecule has 1 nitrogen and oxygen atoms in total. The molecule has 2 aromatic carbocycles. The topological polar surface area (TPSA) is 9.23 Å². The molecule has 82 valence electrons. The number of benzene rings is 2. The van der Waals surface area contributed by atoms with E-state index in [0.717, 1.165) is 23.8 Å². The van der Waals surface area contributed by atoms with E-state index in [1.54, 1.807) is 0 Å².